The lowest BCUT2D eigenvalue weighted by Crippen LogP contribution is -2.36. The summed E-state index contributed by atoms with van der Waals surface area (Å²) in [6, 6.07) is 8.42. The molecule has 1 heterocycles. The van der Waals surface area contributed by atoms with Gasteiger partial charge in [0.2, 0.25) is 6.29 Å². The number of aryl methyl sites for hydroxylation is 1. The van der Waals surface area contributed by atoms with Gasteiger partial charge in [-0.15, -0.1) is 11.8 Å². The Bertz CT molecular complexity index is 430. The molecular formula is C16H22O3S. The van der Waals surface area contributed by atoms with Crippen molar-refractivity contribution in [3.63, 3.8) is 0 Å². The predicted molar refractivity (Wildman–Crippen MR) is 80.8 cm³/mol. The van der Waals surface area contributed by atoms with Gasteiger partial charge in [0.05, 0.1) is 11.9 Å². The average Bonchev–Trinajstić information content (AvgIpc) is 2.44. The molecule has 0 N–H and O–H groups in total. The average molecular weight is 294 g/mol. The zero-order chi connectivity index (χ0) is 14.4. The third-order valence-electron chi connectivity index (χ3n) is 3.23. The van der Waals surface area contributed by atoms with Gasteiger partial charge < -0.3 is 9.47 Å². The number of rotatable bonds is 5. The fourth-order valence-electron chi connectivity index (χ4n) is 2.14. The van der Waals surface area contributed by atoms with Crippen molar-refractivity contribution in [3.8, 4) is 0 Å². The van der Waals surface area contributed by atoms with Gasteiger partial charge >= 0.3 is 5.97 Å². The first kappa shape index (κ1) is 15.4. The molecule has 1 saturated heterocycles. The number of thioether (sulfide) groups is 1. The van der Waals surface area contributed by atoms with Gasteiger partial charge in [-0.25, -0.2) is 0 Å². The van der Waals surface area contributed by atoms with Crippen LogP contribution in [0.4, 0.5) is 0 Å². The summed E-state index contributed by atoms with van der Waals surface area (Å²) in [5.74, 6) is -0.158. The Balaban J connectivity index is 1.95. The molecule has 1 aromatic rings. The Labute approximate surface area is 125 Å². The second kappa shape index (κ2) is 7.70. The van der Waals surface area contributed by atoms with Gasteiger partial charge in [-0.1, -0.05) is 24.6 Å². The molecule has 1 aromatic carbocycles. The van der Waals surface area contributed by atoms with Crippen molar-refractivity contribution >= 4 is 17.7 Å². The maximum absolute atomic E-state index is 11.6. The van der Waals surface area contributed by atoms with Crippen LogP contribution in [0.15, 0.2) is 29.2 Å². The highest BCUT2D eigenvalue weighted by molar-refractivity contribution is 8.00. The van der Waals surface area contributed by atoms with E-state index in [0.29, 0.717) is 13.0 Å². The second-order valence-electron chi connectivity index (χ2n) is 5.09. The van der Waals surface area contributed by atoms with E-state index in [9.17, 15) is 4.79 Å². The number of carbonyl (C=O) groups excluding carboxylic acids is 1. The van der Waals surface area contributed by atoms with Crippen LogP contribution in [0.1, 0.15) is 38.2 Å². The summed E-state index contributed by atoms with van der Waals surface area (Å²) in [5, 5.41) is 0.187. The molecule has 0 spiro atoms. The van der Waals surface area contributed by atoms with Crippen molar-refractivity contribution < 1.29 is 14.3 Å². The van der Waals surface area contributed by atoms with E-state index in [1.807, 2.05) is 6.92 Å². The molecule has 2 rings (SSSR count). The van der Waals surface area contributed by atoms with Gasteiger partial charge in [0.25, 0.3) is 0 Å². The summed E-state index contributed by atoms with van der Waals surface area (Å²) in [4.78, 5) is 12.8. The minimum atomic E-state index is -0.408. The summed E-state index contributed by atoms with van der Waals surface area (Å²) in [6.07, 6.45) is 2.89. The minimum absolute atomic E-state index is 0.158. The van der Waals surface area contributed by atoms with E-state index in [2.05, 4.69) is 31.2 Å². The Morgan fingerprint density at radius 1 is 1.40 bits per heavy atom. The van der Waals surface area contributed by atoms with Crippen LogP contribution in [0.2, 0.25) is 0 Å². The monoisotopic (exact) mass is 294 g/mol. The summed E-state index contributed by atoms with van der Waals surface area (Å²) in [5.41, 5.74) is 1.25. The van der Waals surface area contributed by atoms with Crippen LogP contribution in [-0.2, 0) is 14.3 Å². The Morgan fingerprint density at radius 2 is 2.15 bits per heavy atom. The third-order valence-corrected chi connectivity index (χ3v) is 4.53. The molecule has 20 heavy (non-hydrogen) atoms. The highest BCUT2D eigenvalue weighted by Crippen LogP contribution is 2.33. The van der Waals surface area contributed by atoms with E-state index in [1.165, 1.54) is 10.5 Å². The van der Waals surface area contributed by atoms with E-state index in [4.69, 9.17) is 9.47 Å². The van der Waals surface area contributed by atoms with Crippen molar-refractivity contribution in [2.45, 2.75) is 56.0 Å². The fourth-order valence-corrected chi connectivity index (χ4v) is 3.31. The highest BCUT2D eigenvalue weighted by atomic mass is 32.2. The Morgan fingerprint density at radius 3 is 2.85 bits per heavy atom. The maximum atomic E-state index is 11.6. The second-order valence-corrected chi connectivity index (χ2v) is 6.40. The Kier molecular flexibility index (Phi) is 5.92. The number of carbonyl (C=O) groups is 1. The van der Waals surface area contributed by atoms with Crippen LogP contribution in [0.5, 0.6) is 0 Å². The molecule has 0 bridgehead atoms. The molecule has 1 aliphatic rings. The summed E-state index contributed by atoms with van der Waals surface area (Å²) in [7, 11) is 0. The summed E-state index contributed by atoms with van der Waals surface area (Å²) >= 11 is 1.74. The molecule has 0 aromatic heterocycles. The zero-order valence-corrected chi connectivity index (χ0v) is 12.9. The Hall–Kier alpha value is -1.00. The predicted octanol–water partition coefficient (Wildman–Crippen LogP) is 3.94. The lowest BCUT2D eigenvalue weighted by Gasteiger charge is -2.30. The molecular weight excluding hydrogens is 272 g/mol. The first-order chi connectivity index (χ1) is 9.69. The third kappa shape index (κ3) is 4.53. The number of esters is 1. The number of hydrogen-bond acceptors (Lipinski definition) is 4. The summed E-state index contributed by atoms with van der Waals surface area (Å²) < 4.78 is 11.1. The van der Waals surface area contributed by atoms with E-state index in [0.717, 1.165) is 19.3 Å². The lowest BCUT2D eigenvalue weighted by molar-refractivity contribution is -0.184. The molecule has 0 amide bonds. The molecule has 0 unspecified atom stereocenters. The fraction of sp³-hybridized carbons (Fsp3) is 0.562. The lowest BCUT2D eigenvalue weighted by atomic mass is 10.2. The summed E-state index contributed by atoms with van der Waals surface area (Å²) in [6.45, 7) is 4.73. The SMILES string of the molecule is CCCC(=O)O[C@H]1OCCC[C@@H]1Sc1ccc(C)cc1. The molecule has 4 heteroatoms. The maximum Gasteiger partial charge on any atom is 0.308 e. The molecule has 1 fully saturated rings. The topological polar surface area (TPSA) is 35.5 Å². The number of ether oxygens (including phenoxy) is 2. The smallest absolute Gasteiger partial charge is 0.308 e. The minimum Gasteiger partial charge on any atom is -0.434 e. The molecule has 0 aliphatic carbocycles. The van der Waals surface area contributed by atoms with E-state index >= 15 is 0 Å². The first-order valence-corrected chi connectivity index (χ1v) is 8.11. The van der Waals surface area contributed by atoms with E-state index in [-0.39, 0.29) is 11.2 Å². The molecule has 2 atom stereocenters. The van der Waals surface area contributed by atoms with Gasteiger partial charge in [-0.05, 0) is 38.3 Å². The van der Waals surface area contributed by atoms with E-state index < -0.39 is 6.29 Å². The van der Waals surface area contributed by atoms with Gasteiger partial charge in [-0.2, -0.15) is 0 Å². The standard InChI is InChI=1S/C16H22O3S/c1-3-5-15(17)19-16-14(6-4-11-18-16)20-13-9-7-12(2)8-10-13/h7-10,14,16H,3-6,11H2,1-2H3/t14-,16+/m0/s1. The largest absolute Gasteiger partial charge is 0.434 e. The quantitative estimate of drug-likeness (QED) is 0.771. The van der Waals surface area contributed by atoms with Crippen molar-refractivity contribution in [2.75, 3.05) is 6.61 Å². The van der Waals surface area contributed by atoms with Gasteiger partial charge in [0.1, 0.15) is 0 Å². The van der Waals surface area contributed by atoms with Crippen LogP contribution in [0.3, 0.4) is 0 Å². The van der Waals surface area contributed by atoms with Gasteiger partial charge in [0.15, 0.2) is 0 Å². The number of benzene rings is 1. The van der Waals surface area contributed by atoms with Crippen molar-refractivity contribution in [3.05, 3.63) is 29.8 Å². The zero-order valence-electron chi connectivity index (χ0n) is 12.1. The van der Waals surface area contributed by atoms with Crippen LogP contribution in [-0.4, -0.2) is 24.1 Å². The van der Waals surface area contributed by atoms with Crippen LogP contribution in [0.25, 0.3) is 0 Å². The highest BCUT2D eigenvalue weighted by Gasteiger charge is 2.30. The molecule has 3 nitrogen and oxygen atoms in total. The molecule has 1 aliphatic heterocycles. The molecule has 0 saturated carbocycles. The van der Waals surface area contributed by atoms with Crippen molar-refractivity contribution in [1.29, 1.82) is 0 Å². The van der Waals surface area contributed by atoms with Crippen LogP contribution >= 0.6 is 11.8 Å². The van der Waals surface area contributed by atoms with Gasteiger partial charge in [-0.3, -0.25) is 4.79 Å². The van der Waals surface area contributed by atoms with E-state index in [1.54, 1.807) is 11.8 Å². The van der Waals surface area contributed by atoms with Crippen molar-refractivity contribution in [2.24, 2.45) is 0 Å². The molecule has 110 valence electrons. The number of hydrogen-bond donors (Lipinski definition) is 0. The van der Waals surface area contributed by atoms with Crippen molar-refractivity contribution in [1.82, 2.24) is 0 Å². The van der Waals surface area contributed by atoms with Crippen LogP contribution in [0, 0.1) is 6.92 Å². The van der Waals surface area contributed by atoms with Gasteiger partial charge in [0, 0.05) is 11.3 Å². The first-order valence-electron chi connectivity index (χ1n) is 7.23. The molecule has 0 radical (unpaired) electrons. The van der Waals surface area contributed by atoms with Crippen LogP contribution < -0.4 is 0 Å². The normalized spacial score (nSPS) is 22.5.